The number of aliphatic carboxylic acids is 1. The van der Waals surface area contributed by atoms with Gasteiger partial charge >= 0.3 is 18.3 Å². The average Bonchev–Trinajstić information content (AvgIpc) is 2.35. The second-order valence-electron chi connectivity index (χ2n) is 4.12. The number of carboxylic acid groups (broad SMARTS) is 1. The lowest BCUT2D eigenvalue weighted by atomic mass is 10.1. The maximum absolute atomic E-state index is 13.2. The van der Waals surface area contributed by atoms with Crippen LogP contribution in [-0.2, 0) is 16.1 Å². The molecule has 8 heteroatoms. The van der Waals surface area contributed by atoms with Crippen LogP contribution in [0.2, 0.25) is 0 Å². The van der Waals surface area contributed by atoms with E-state index in [0.29, 0.717) is 0 Å². The summed E-state index contributed by atoms with van der Waals surface area (Å²) < 4.78 is 66.6. The second-order valence-corrected chi connectivity index (χ2v) is 4.12. The molecule has 1 aromatic rings. The van der Waals surface area contributed by atoms with Crippen LogP contribution < -0.4 is 0 Å². The Morgan fingerprint density at radius 2 is 2.00 bits per heavy atom. The molecule has 116 valence electrons. The molecule has 1 aromatic carbocycles. The number of benzene rings is 1. The molecule has 3 nitrogen and oxygen atoms in total. The van der Waals surface area contributed by atoms with Crippen molar-refractivity contribution in [1.82, 2.24) is 0 Å². The van der Waals surface area contributed by atoms with Gasteiger partial charge in [0.1, 0.15) is 12.4 Å². The quantitative estimate of drug-likeness (QED) is 0.620. The van der Waals surface area contributed by atoms with Crippen molar-refractivity contribution in [2.75, 3.05) is 6.61 Å². The number of hydrogen-bond acceptors (Lipinski definition) is 2. The van der Waals surface area contributed by atoms with Crippen LogP contribution >= 0.6 is 0 Å². The van der Waals surface area contributed by atoms with Gasteiger partial charge in [-0.25, -0.2) is 18.0 Å². The minimum Gasteiger partial charge on any atom is -0.478 e. The first-order valence-electron chi connectivity index (χ1n) is 5.65. The first-order valence-corrected chi connectivity index (χ1v) is 5.65. The molecule has 0 spiro atoms. The summed E-state index contributed by atoms with van der Waals surface area (Å²) in [6.45, 7) is -2.00. The fourth-order valence-corrected chi connectivity index (χ4v) is 1.39. The molecule has 0 aromatic heterocycles. The molecule has 0 radical (unpaired) electrons. The summed E-state index contributed by atoms with van der Waals surface area (Å²) >= 11 is 0. The maximum Gasteiger partial charge on any atom is 0.330 e. The first kappa shape index (κ1) is 17.1. The molecule has 0 aliphatic rings. The Balaban J connectivity index is 2.70. The van der Waals surface area contributed by atoms with Crippen LogP contribution in [0.4, 0.5) is 22.0 Å². The molecule has 0 atom stereocenters. The normalized spacial score (nSPS) is 12.3. The highest BCUT2D eigenvalue weighted by molar-refractivity contribution is 5.85. The molecule has 0 heterocycles. The molecule has 0 saturated carbocycles. The van der Waals surface area contributed by atoms with Crippen molar-refractivity contribution in [3.63, 3.8) is 0 Å². The number of hydrogen-bond donors (Lipinski definition) is 1. The van der Waals surface area contributed by atoms with Gasteiger partial charge in [-0.1, -0.05) is 0 Å². The number of ether oxygens (including phenoxy) is 1. The highest BCUT2D eigenvalue weighted by Gasteiger charge is 2.40. The lowest BCUT2D eigenvalue weighted by molar-refractivity contribution is -0.168. The van der Waals surface area contributed by atoms with E-state index in [1.54, 1.807) is 0 Å². The van der Waals surface area contributed by atoms with E-state index in [0.717, 1.165) is 24.3 Å². The van der Waals surface area contributed by atoms with Gasteiger partial charge in [0.25, 0.3) is 0 Å². The summed E-state index contributed by atoms with van der Waals surface area (Å²) in [7, 11) is 0. The van der Waals surface area contributed by atoms with Crippen molar-refractivity contribution in [3.8, 4) is 0 Å². The van der Waals surface area contributed by atoms with Crippen molar-refractivity contribution in [2.24, 2.45) is 0 Å². The van der Waals surface area contributed by atoms with E-state index in [1.807, 2.05) is 0 Å². The van der Waals surface area contributed by atoms with E-state index in [1.165, 1.54) is 6.07 Å². The van der Waals surface area contributed by atoms with Crippen LogP contribution in [0.3, 0.4) is 0 Å². The Morgan fingerprint density at radius 3 is 2.57 bits per heavy atom. The van der Waals surface area contributed by atoms with Gasteiger partial charge in [-0.3, -0.25) is 0 Å². The molecule has 0 fully saturated rings. The van der Waals surface area contributed by atoms with Crippen molar-refractivity contribution in [2.45, 2.75) is 19.0 Å². The van der Waals surface area contributed by atoms with Gasteiger partial charge in [-0.2, -0.15) is 8.78 Å². The minimum absolute atomic E-state index is 0.116. The third kappa shape index (κ3) is 5.90. The minimum atomic E-state index is -4.28. The van der Waals surface area contributed by atoms with E-state index in [9.17, 15) is 26.7 Å². The largest absolute Gasteiger partial charge is 0.478 e. The summed E-state index contributed by atoms with van der Waals surface area (Å²) in [5.74, 6) is -6.25. The SMILES string of the molecule is O=C(O)C=Cc1cc(F)cc(COCC(F)(F)C(F)F)c1. The predicted molar refractivity (Wildman–Crippen MR) is 63.7 cm³/mol. The zero-order valence-electron chi connectivity index (χ0n) is 10.5. The van der Waals surface area contributed by atoms with Gasteiger partial charge in [-0.05, 0) is 35.4 Å². The van der Waals surface area contributed by atoms with E-state index in [-0.39, 0.29) is 11.1 Å². The molecular formula is C13H11F5O3. The highest BCUT2D eigenvalue weighted by Crippen LogP contribution is 2.23. The number of halogens is 5. The van der Waals surface area contributed by atoms with E-state index in [2.05, 4.69) is 4.74 Å². The Morgan fingerprint density at radius 1 is 1.33 bits per heavy atom. The molecule has 0 amide bonds. The molecule has 0 bridgehead atoms. The lowest BCUT2D eigenvalue weighted by Crippen LogP contribution is -2.32. The third-order valence-electron chi connectivity index (χ3n) is 2.28. The van der Waals surface area contributed by atoms with Gasteiger partial charge in [0.15, 0.2) is 0 Å². The summed E-state index contributed by atoms with van der Waals surface area (Å²) in [6, 6.07) is 3.29. The summed E-state index contributed by atoms with van der Waals surface area (Å²) in [5, 5.41) is 8.44. The fourth-order valence-electron chi connectivity index (χ4n) is 1.39. The van der Waals surface area contributed by atoms with Gasteiger partial charge in [0.2, 0.25) is 0 Å². The summed E-state index contributed by atoms with van der Waals surface area (Å²) in [5.41, 5.74) is 0.293. The van der Waals surface area contributed by atoms with E-state index >= 15 is 0 Å². The third-order valence-corrected chi connectivity index (χ3v) is 2.28. The average molecular weight is 310 g/mol. The number of rotatable bonds is 7. The maximum atomic E-state index is 13.2. The molecule has 0 aliphatic heterocycles. The molecule has 21 heavy (non-hydrogen) atoms. The first-order chi connectivity index (χ1) is 9.70. The Bertz CT molecular complexity index is 529. The molecule has 0 unspecified atom stereocenters. The lowest BCUT2D eigenvalue weighted by Gasteiger charge is -2.15. The van der Waals surface area contributed by atoms with Crippen molar-refractivity contribution in [3.05, 3.63) is 41.2 Å². The Hall–Kier alpha value is -1.96. The Kier molecular flexibility index (Phi) is 5.83. The second kappa shape index (κ2) is 7.16. The standard InChI is InChI=1S/C13H11F5O3/c14-10-4-8(1-2-11(19)20)3-9(5-10)6-21-7-13(17,18)12(15)16/h1-5,12H,6-7H2,(H,19,20). The fraction of sp³-hybridized carbons (Fsp3) is 0.308. The monoisotopic (exact) mass is 310 g/mol. The zero-order chi connectivity index (χ0) is 16.0. The topological polar surface area (TPSA) is 46.5 Å². The molecular weight excluding hydrogens is 299 g/mol. The van der Waals surface area contributed by atoms with Gasteiger partial charge in [0, 0.05) is 6.08 Å². The van der Waals surface area contributed by atoms with Crippen LogP contribution in [0.1, 0.15) is 11.1 Å². The number of carbonyl (C=O) groups is 1. The van der Waals surface area contributed by atoms with Crippen LogP contribution in [0.25, 0.3) is 6.08 Å². The van der Waals surface area contributed by atoms with E-state index in [4.69, 9.17) is 5.11 Å². The molecule has 0 saturated heterocycles. The summed E-state index contributed by atoms with van der Waals surface area (Å²) in [4.78, 5) is 10.3. The van der Waals surface area contributed by atoms with Crippen LogP contribution in [-0.4, -0.2) is 30.0 Å². The van der Waals surface area contributed by atoms with Crippen molar-refractivity contribution >= 4 is 12.0 Å². The van der Waals surface area contributed by atoms with Crippen LogP contribution in [0, 0.1) is 5.82 Å². The van der Waals surface area contributed by atoms with Gasteiger partial charge in [0.05, 0.1) is 6.61 Å². The van der Waals surface area contributed by atoms with Crippen LogP contribution in [0.5, 0.6) is 0 Å². The van der Waals surface area contributed by atoms with Gasteiger partial charge in [-0.15, -0.1) is 0 Å². The van der Waals surface area contributed by atoms with E-state index < -0.39 is 37.3 Å². The number of alkyl halides is 4. The highest BCUT2D eigenvalue weighted by atomic mass is 19.3. The number of carboxylic acids is 1. The molecule has 1 rings (SSSR count). The Labute approximate surface area is 116 Å². The van der Waals surface area contributed by atoms with Gasteiger partial charge < -0.3 is 9.84 Å². The predicted octanol–water partition coefficient (Wildman–Crippen LogP) is 3.34. The molecule has 1 N–H and O–H groups in total. The zero-order valence-corrected chi connectivity index (χ0v) is 10.5. The van der Waals surface area contributed by atoms with Crippen LogP contribution in [0.15, 0.2) is 24.3 Å². The van der Waals surface area contributed by atoms with Crippen molar-refractivity contribution < 1.29 is 36.6 Å². The summed E-state index contributed by atoms with van der Waals surface area (Å²) in [6.07, 6.45) is -1.98. The van der Waals surface area contributed by atoms with Crippen molar-refractivity contribution in [1.29, 1.82) is 0 Å². The smallest absolute Gasteiger partial charge is 0.330 e. The molecule has 0 aliphatic carbocycles.